The maximum Gasteiger partial charge on any atom is 0.296 e. The highest BCUT2D eigenvalue weighted by molar-refractivity contribution is 7.92. The van der Waals surface area contributed by atoms with E-state index in [0.29, 0.717) is 17.3 Å². The lowest BCUT2D eigenvalue weighted by Gasteiger charge is -2.20. The molecule has 0 bridgehead atoms. The van der Waals surface area contributed by atoms with Crippen molar-refractivity contribution in [2.45, 2.75) is 24.7 Å². The van der Waals surface area contributed by atoms with Gasteiger partial charge in [-0.3, -0.25) is 34.6 Å². The van der Waals surface area contributed by atoms with Gasteiger partial charge in [0.25, 0.3) is 27.3 Å². The molecule has 1 aliphatic heterocycles. The van der Waals surface area contributed by atoms with Crippen molar-refractivity contribution in [2.75, 3.05) is 9.62 Å². The zero-order chi connectivity index (χ0) is 33.8. The van der Waals surface area contributed by atoms with Gasteiger partial charge in [0.05, 0.1) is 28.1 Å². The van der Waals surface area contributed by atoms with Gasteiger partial charge in [0.15, 0.2) is 4.90 Å². The largest absolute Gasteiger partial charge is 0.473 e. The molecule has 0 spiro atoms. The van der Waals surface area contributed by atoms with Crippen LogP contribution in [0.15, 0.2) is 114 Å². The van der Waals surface area contributed by atoms with Crippen molar-refractivity contribution in [3.63, 3.8) is 0 Å². The Morgan fingerprint density at radius 1 is 0.792 bits per heavy atom. The first-order valence-electron chi connectivity index (χ1n) is 14.3. The third-order valence-electron chi connectivity index (χ3n) is 7.41. The molecule has 6 rings (SSSR count). The van der Waals surface area contributed by atoms with E-state index in [4.69, 9.17) is 9.47 Å². The molecule has 1 N–H and O–H groups in total. The summed E-state index contributed by atoms with van der Waals surface area (Å²) in [5.41, 5.74) is 0.961. The lowest BCUT2D eigenvalue weighted by atomic mass is 10.1. The normalized spacial score (nSPS) is 12.3. The van der Waals surface area contributed by atoms with Gasteiger partial charge in [0, 0.05) is 23.3 Å². The van der Waals surface area contributed by atoms with E-state index in [0.717, 1.165) is 23.3 Å². The van der Waals surface area contributed by atoms with Gasteiger partial charge in [-0.05, 0) is 35.4 Å². The number of nitro groups is 2. The minimum Gasteiger partial charge on any atom is -0.473 e. The highest BCUT2D eigenvalue weighted by atomic mass is 32.2. The Balaban J connectivity index is 1.30. The van der Waals surface area contributed by atoms with Crippen molar-refractivity contribution >= 4 is 38.7 Å². The fourth-order valence-corrected chi connectivity index (χ4v) is 6.32. The topological polar surface area (TPSA) is 184 Å². The second-order valence-corrected chi connectivity index (χ2v) is 12.2. The molecule has 4 aromatic carbocycles. The summed E-state index contributed by atoms with van der Waals surface area (Å²) in [6.07, 6.45) is 0. The fourth-order valence-electron chi connectivity index (χ4n) is 5.08. The first-order valence-corrected chi connectivity index (χ1v) is 15.8. The number of ether oxygens (including phenoxy) is 2. The number of sulfonamides is 1. The number of benzene rings is 4. The number of aromatic nitrogens is 1. The molecule has 15 heteroatoms. The number of carbonyl (C=O) groups excluding carboxylic acids is 1. The number of non-ortho nitro benzene ring substituents is 1. The number of hydrogen-bond donors (Lipinski definition) is 1. The molecule has 5 aromatic rings. The van der Waals surface area contributed by atoms with Crippen molar-refractivity contribution in [3.05, 3.63) is 152 Å². The predicted molar refractivity (Wildman–Crippen MR) is 173 cm³/mol. The van der Waals surface area contributed by atoms with Crippen molar-refractivity contribution < 1.29 is 32.5 Å². The minimum atomic E-state index is -4.63. The molecule has 0 aliphatic carbocycles. The summed E-state index contributed by atoms with van der Waals surface area (Å²) in [4.78, 5) is 39.8. The van der Waals surface area contributed by atoms with Crippen LogP contribution >= 0.6 is 0 Å². The molecule has 2 heterocycles. The molecule has 0 saturated carbocycles. The van der Waals surface area contributed by atoms with E-state index in [1.807, 2.05) is 60.7 Å². The summed E-state index contributed by atoms with van der Waals surface area (Å²) in [6.45, 7) is 0.287. The van der Waals surface area contributed by atoms with E-state index in [-0.39, 0.29) is 42.8 Å². The molecule has 1 aromatic heterocycles. The van der Waals surface area contributed by atoms with Crippen LogP contribution in [0.3, 0.4) is 0 Å². The Morgan fingerprint density at radius 3 is 2.10 bits per heavy atom. The van der Waals surface area contributed by atoms with Gasteiger partial charge in [-0.25, -0.2) is 8.42 Å². The number of rotatable bonds is 12. The average Bonchev–Trinajstić information content (AvgIpc) is 3.43. The van der Waals surface area contributed by atoms with E-state index in [2.05, 4.69) is 9.71 Å². The van der Waals surface area contributed by atoms with Gasteiger partial charge in [0.2, 0.25) is 11.8 Å². The lowest BCUT2D eigenvalue weighted by Crippen LogP contribution is -2.24. The number of nitrogens with one attached hydrogen (secondary N) is 1. The maximum atomic E-state index is 13.7. The summed E-state index contributed by atoms with van der Waals surface area (Å²) in [5.74, 6) is -0.0983. The molecule has 1 aliphatic rings. The molecule has 48 heavy (non-hydrogen) atoms. The van der Waals surface area contributed by atoms with Crippen molar-refractivity contribution in [2.24, 2.45) is 0 Å². The zero-order valence-electron chi connectivity index (χ0n) is 24.9. The Morgan fingerprint density at radius 2 is 1.46 bits per heavy atom. The van der Waals surface area contributed by atoms with Gasteiger partial charge in [-0.15, -0.1) is 0 Å². The maximum absolute atomic E-state index is 13.7. The van der Waals surface area contributed by atoms with Crippen LogP contribution in [0, 0.1) is 20.2 Å². The van der Waals surface area contributed by atoms with Gasteiger partial charge in [-0.1, -0.05) is 66.7 Å². The molecule has 14 nitrogen and oxygen atoms in total. The zero-order valence-corrected chi connectivity index (χ0v) is 25.7. The monoisotopic (exact) mass is 667 g/mol. The van der Waals surface area contributed by atoms with E-state index < -0.39 is 42.0 Å². The number of fused-ring (bicyclic) bond motifs is 1. The highest BCUT2D eigenvalue weighted by Gasteiger charge is 2.35. The Hall–Kier alpha value is -6.35. The van der Waals surface area contributed by atoms with Crippen LogP contribution in [0.5, 0.6) is 11.8 Å². The molecule has 0 fully saturated rings. The van der Waals surface area contributed by atoms with Crippen LogP contribution in [-0.2, 0) is 29.8 Å². The number of anilines is 2. The fraction of sp³-hybridized carbons (Fsp3) is 0.0909. The quantitative estimate of drug-likeness (QED) is 0.122. The molecule has 1 amide bonds. The molecule has 0 radical (unpaired) electrons. The molecule has 0 unspecified atom stereocenters. The lowest BCUT2D eigenvalue weighted by molar-refractivity contribution is -0.396. The van der Waals surface area contributed by atoms with Crippen LogP contribution in [0.25, 0.3) is 0 Å². The van der Waals surface area contributed by atoms with Crippen molar-refractivity contribution in [1.29, 1.82) is 0 Å². The standard InChI is InChI=1S/C33H25N5O9S/c39-33-25-12-7-13-27(35-48(44,45)30-16-14-24(37(40)41)18-29(30)38(42)43)26(25)19-36(33)28-15-17-31(46-20-22-8-3-1-4-9-22)34-32(28)47-21-23-10-5-2-6-11-23/h1-18,35H,19-21H2. The average molecular weight is 668 g/mol. The summed E-state index contributed by atoms with van der Waals surface area (Å²) in [6, 6.07) is 28.7. The first kappa shape index (κ1) is 31.6. The van der Waals surface area contributed by atoms with Crippen LogP contribution < -0.4 is 19.1 Å². The van der Waals surface area contributed by atoms with E-state index in [9.17, 15) is 33.4 Å². The van der Waals surface area contributed by atoms with Crippen molar-refractivity contribution in [1.82, 2.24) is 4.98 Å². The Labute approximate surface area is 273 Å². The Bertz CT molecular complexity index is 2150. The van der Waals surface area contributed by atoms with Gasteiger partial charge in [0.1, 0.15) is 18.9 Å². The number of carbonyl (C=O) groups is 1. The second kappa shape index (κ2) is 13.2. The second-order valence-electron chi connectivity index (χ2n) is 10.5. The van der Waals surface area contributed by atoms with Crippen LogP contribution in [0.4, 0.5) is 22.7 Å². The highest BCUT2D eigenvalue weighted by Crippen LogP contribution is 2.39. The van der Waals surface area contributed by atoms with Crippen molar-refractivity contribution in [3.8, 4) is 11.8 Å². The third kappa shape index (κ3) is 6.61. The van der Waals surface area contributed by atoms with E-state index in [1.54, 1.807) is 12.1 Å². The number of hydrogen-bond acceptors (Lipinski definition) is 10. The molecule has 242 valence electrons. The summed E-state index contributed by atoms with van der Waals surface area (Å²) >= 11 is 0. The number of nitrogens with zero attached hydrogens (tertiary/aromatic N) is 4. The minimum absolute atomic E-state index is 0.00136. The van der Waals surface area contributed by atoms with Gasteiger partial charge < -0.3 is 9.47 Å². The van der Waals surface area contributed by atoms with Crippen LogP contribution in [0.2, 0.25) is 0 Å². The van der Waals surface area contributed by atoms with E-state index >= 15 is 0 Å². The third-order valence-corrected chi connectivity index (χ3v) is 8.82. The Kier molecular flexibility index (Phi) is 8.68. The summed E-state index contributed by atoms with van der Waals surface area (Å²) in [5, 5.41) is 22.8. The predicted octanol–water partition coefficient (Wildman–Crippen LogP) is 6.02. The number of nitro benzene ring substituents is 2. The molecular formula is C33H25N5O9S. The van der Waals surface area contributed by atoms with Gasteiger partial charge >= 0.3 is 0 Å². The molecule has 0 saturated heterocycles. The van der Waals surface area contributed by atoms with Gasteiger partial charge in [-0.2, -0.15) is 4.98 Å². The SMILES string of the molecule is O=C1c2cccc(NS(=O)(=O)c3ccc([N+](=O)[O-])cc3[N+](=O)[O-])c2CN1c1ccc(OCc2ccccc2)nc1OCc1ccccc1. The van der Waals surface area contributed by atoms with Crippen LogP contribution in [0.1, 0.15) is 27.0 Å². The molecular weight excluding hydrogens is 642 g/mol. The summed E-state index contributed by atoms with van der Waals surface area (Å²) in [7, 11) is -4.63. The summed E-state index contributed by atoms with van der Waals surface area (Å²) < 4.78 is 41.1. The molecule has 0 atom stereocenters. The first-order chi connectivity index (χ1) is 23.1. The number of pyridine rings is 1. The number of amides is 1. The smallest absolute Gasteiger partial charge is 0.296 e. The van der Waals surface area contributed by atoms with Crippen LogP contribution in [-0.4, -0.2) is 29.2 Å². The van der Waals surface area contributed by atoms with E-state index in [1.165, 1.54) is 23.1 Å².